The van der Waals surface area contributed by atoms with Crippen molar-refractivity contribution < 1.29 is 12.9 Å². The molecule has 0 aromatic carbocycles. The zero-order chi connectivity index (χ0) is 12.3. The molecule has 0 unspecified atom stereocenters. The van der Waals surface area contributed by atoms with Crippen molar-refractivity contribution >= 4 is 6.98 Å². The summed E-state index contributed by atoms with van der Waals surface area (Å²) < 4.78 is 39.2. The fourth-order valence-corrected chi connectivity index (χ4v) is 1.31. The molecule has 1 aromatic heterocycles. The van der Waals surface area contributed by atoms with Crippen LogP contribution in [-0.4, -0.2) is 16.1 Å². The highest BCUT2D eigenvalue weighted by atomic mass is 19.4. The van der Waals surface area contributed by atoms with E-state index in [0.29, 0.717) is 6.54 Å². The van der Waals surface area contributed by atoms with Crippen LogP contribution < -0.4 is 5.69 Å². The molecule has 3 nitrogen and oxygen atoms in total. The number of imidazole rings is 1. The van der Waals surface area contributed by atoms with Gasteiger partial charge < -0.3 is 12.9 Å². The van der Waals surface area contributed by atoms with Crippen LogP contribution in [0.3, 0.4) is 0 Å². The van der Waals surface area contributed by atoms with Crippen LogP contribution in [-0.2, 0) is 13.1 Å². The van der Waals surface area contributed by atoms with Crippen molar-refractivity contribution in [3.8, 4) is 0 Å². The average Bonchev–Trinajstić information content (AvgIpc) is 2.49. The average molecular weight is 233 g/mol. The molecule has 0 atom stereocenters. The first-order valence-corrected chi connectivity index (χ1v) is 4.99. The van der Waals surface area contributed by atoms with Gasteiger partial charge in [-0.1, -0.05) is 6.92 Å². The quantitative estimate of drug-likeness (QED) is 0.714. The topological polar surface area (TPSA) is 26.9 Å². The highest BCUT2D eigenvalue weighted by Crippen LogP contribution is 2.18. The monoisotopic (exact) mass is 233 g/mol. The Morgan fingerprint density at radius 2 is 1.94 bits per heavy atom. The maximum atomic E-state index is 12.3. The van der Waals surface area contributed by atoms with Crippen LogP contribution in [0.15, 0.2) is 29.2 Å². The molecule has 0 amide bonds. The van der Waals surface area contributed by atoms with Gasteiger partial charge in [0.15, 0.2) is 0 Å². The summed E-state index contributed by atoms with van der Waals surface area (Å²) >= 11 is 0. The number of aryl methyl sites for hydroxylation is 1. The molecule has 0 aliphatic rings. The van der Waals surface area contributed by atoms with Crippen LogP contribution in [0, 0.1) is 0 Å². The Balaban J connectivity index is 2.84. The van der Waals surface area contributed by atoms with Gasteiger partial charge in [0, 0.05) is 25.5 Å². The summed E-state index contributed by atoms with van der Waals surface area (Å²) in [6, 6.07) is 0. The van der Waals surface area contributed by atoms with E-state index < -0.39 is 24.7 Å². The lowest BCUT2D eigenvalue weighted by Crippen LogP contribution is -2.29. The van der Waals surface area contributed by atoms with Gasteiger partial charge in [-0.3, -0.25) is 9.13 Å². The van der Waals surface area contributed by atoms with Crippen LogP contribution in [0.4, 0.5) is 12.9 Å². The number of allylic oxidation sites excluding steroid dienone is 1. The van der Waals surface area contributed by atoms with Crippen LogP contribution >= 0.6 is 0 Å². The molecule has 0 fully saturated rings. The zero-order valence-electron chi connectivity index (χ0n) is 9.00. The number of halogens is 3. The van der Waals surface area contributed by atoms with E-state index in [-0.39, 0.29) is 0 Å². The minimum absolute atomic E-state index is 0.428. The van der Waals surface area contributed by atoms with Gasteiger partial charge in [0.2, 0.25) is 0 Å². The van der Waals surface area contributed by atoms with E-state index >= 15 is 0 Å². The first-order chi connectivity index (χ1) is 7.36. The minimum atomic E-state index is -5.08. The molecule has 0 aliphatic heterocycles. The molecule has 90 valence electrons. The second-order valence-corrected chi connectivity index (χ2v) is 3.64. The van der Waals surface area contributed by atoms with Crippen molar-refractivity contribution in [1.82, 2.24) is 9.13 Å². The SMILES string of the molecule is C=C(Cn1ccn(CCC)c1=O)[B-](F)(F)F. The largest absolute Gasteiger partial charge is 0.506 e. The molecule has 0 bridgehead atoms. The normalized spacial score (nSPS) is 11.8. The summed E-state index contributed by atoms with van der Waals surface area (Å²) in [7, 11) is 0. The maximum Gasteiger partial charge on any atom is 0.506 e. The summed E-state index contributed by atoms with van der Waals surface area (Å²) in [5.41, 5.74) is -1.29. The molecule has 0 N–H and O–H groups in total. The molecule has 7 heteroatoms. The Bertz CT molecular complexity index is 433. The molecule has 0 aliphatic carbocycles. The Kier molecular flexibility index (Phi) is 3.67. The van der Waals surface area contributed by atoms with E-state index in [1.807, 2.05) is 6.92 Å². The second kappa shape index (κ2) is 4.63. The summed E-state index contributed by atoms with van der Waals surface area (Å²) in [6.45, 7) is -0.212. The van der Waals surface area contributed by atoms with Crippen LogP contribution in [0.5, 0.6) is 0 Å². The van der Waals surface area contributed by atoms with Crippen LogP contribution in [0.2, 0.25) is 0 Å². The molecule has 0 radical (unpaired) electrons. The lowest BCUT2D eigenvalue weighted by Gasteiger charge is -2.17. The first-order valence-electron chi connectivity index (χ1n) is 4.99. The first kappa shape index (κ1) is 12.7. The fraction of sp³-hybridized carbons (Fsp3) is 0.444. The Hall–Kier alpha value is -1.40. The zero-order valence-corrected chi connectivity index (χ0v) is 9.00. The van der Waals surface area contributed by atoms with Crippen molar-refractivity contribution in [2.24, 2.45) is 0 Å². The molecule has 0 spiro atoms. The van der Waals surface area contributed by atoms with Gasteiger partial charge in [0.05, 0.1) is 0 Å². The van der Waals surface area contributed by atoms with E-state index in [4.69, 9.17) is 0 Å². The third-order valence-corrected chi connectivity index (χ3v) is 2.22. The van der Waals surface area contributed by atoms with E-state index in [2.05, 4.69) is 6.58 Å². The van der Waals surface area contributed by atoms with Gasteiger partial charge in [0.1, 0.15) is 0 Å². The predicted molar refractivity (Wildman–Crippen MR) is 57.2 cm³/mol. The third kappa shape index (κ3) is 2.80. The van der Waals surface area contributed by atoms with Gasteiger partial charge in [-0.2, -0.15) is 0 Å². The molecule has 1 heterocycles. The Labute approximate surface area is 91.2 Å². The van der Waals surface area contributed by atoms with E-state index in [1.165, 1.54) is 17.0 Å². The van der Waals surface area contributed by atoms with Crippen molar-refractivity contribution in [1.29, 1.82) is 0 Å². The molecular formula is C9H13BF3N2O-. The molecule has 16 heavy (non-hydrogen) atoms. The molecule has 0 saturated heterocycles. The Morgan fingerprint density at radius 3 is 2.44 bits per heavy atom. The fourth-order valence-electron chi connectivity index (χ4n) is 1.31. The molecule has 1 rings (SSSR count). The lowest BCUT2D eigenvalue weighted by molar-refractivity contribution is 0.481. The minimum Gasteiger partial charge on any atom is -0.445 e. The van der Waals surface area contributed by atoms with Crippen LogP contribution in [0.1, 0.15) is 13.3 Å². The number of hydrogen-bond donors (Lipinski definition) is 0. The smallest absolute Gasteiger partial charge is 0.445 e. The van der Waals surface area contributed by atoms with Crippen molar-refractivity contribution in [3.05, 3.63) is 34.9 Å². The summed E-state index contributed by atoms with van der Waals surface area (Å²) in [5, 5.41) is 0. The number of nitrogens with zero attached hydrogens (tertiary/aromatic N) is 2. The van der Waals surface area contributed by atoms with Crippen molar-refractivity contribution in [3.63, 3.8) is 0 Å². The highest BCUT2D eigenvalue weighted by molar-refractivity contribution is 6.66. The van der Waals surface area contributed by atoms with Crippen molar-refractivity contribution in [2.45, 2.75) is 26.4 Å². The van der Waals surface area contributed by atoms with E-state index in [0.717, 1.165) is 11.0 Å². The standard InChI is InChI=1S/C9H13BF3N2O/c1-3-4-14-5-6-15(9(14)16)7-8(2)10(11,12)13/h5-6H,2-4,7H2,1H3/q-1. The number of hydrogen-bond acceptors (Lipinski definition) is 1. The summed E-state index contributed by atoms with van der Waals surface area (Å²) in [4.78, 5) is 11.5. The second-order valence-electron chi connectivity index (χ2n) is 3.64. The highest BCUT2D eigenvalue weighted by Gasteiger charge is 2.26. The van der Waals surface area contributed by atoms with Gasteiger partial charge in [-0.05, 0) is 6.42 Å². The van der Waals surface area contributed by atoms with E-state index in [9.17, 15) is 17.7 Å². The van der Waals surface area contributed by atoms with E-state index in [1.54, 1.807) is 0 Å². The van der Waals surface area contributed by atoms with Gasteiger partial charge in [-0.25, -0.2) is 4.79 Å². The molecular weight excluding hydrogens is 220 g/mol. The molecule has 0 saturated carbocycles. The number of rotatable bonds is 5. The van der Waals surface area contributed by atoms with Gasteiger partial charge >= 0.3 is 12.7 Å². The van der Waals surface area contributed by atoms with Crippen molar-refractivity contribution in [2.75, 3.05) is 0 Å². The predicted octanol–water partition coefficient (Wildman–Crippen LogP) is 2.00. The van der Waals surface area contributed by atoms with Gasteiger partial charge in [-0.15, -0.1) is 12.1 Å². The maximum absolute atomic E-state index is 12.3. The van der Waals surface area contributed by atoms with Gasteiger partial charge in [0.25, 0.3) is 0 Å². The Morgan fingerprint density at radius 1 is 1.38 bits per heavy atom. The third-order valence-electron chi connectivity index (χ3n) is 2.22. The number of aromatic nitrogens is 2. The molecule has 1 aromatic rings. The van der Waals surface area contributed by atoms with Crippen LogP contribution in [0.25, 0.3) is 0 Å². The summed E-state index contributed by atoms with van der Waals surface area (Å²) in [6.07, 6.45) is 3.60. The lowest BCUT2D eigenvalue weighted by atomic mass is 9.80. The summed E-state index contributed by atoms with van der Waals surface area (Å²) in [5.74, 6) is 0.